The Labute approximate surface area is 178 Å². The van der Waals surface area contributed by atoms with E-state index in [2.05, 4.69) is 20.0 Å². The number of hydrogen-bond acceptors (Lipinski definition) is 7. The van der Waals surface area contributed by atoms with Crippen molar-refractivity contribution < 1.29 is 23.8 Å². The molecule has 0 aliphatic heterocycles. The average Bonchev–Trinajstić information content (AvgIpc) is 2.76. The van der Waals surface area contributed by atoms with Crippen LogP contribution in [0.25, 0.3) is 11.0 Å². The second kappa shape index (κ2) is 9.89. The Morgan fingerprint density at radius 1 is 1.10 bits per heavy atom. The molecule has 3 aromatic rings. The zero-order chi connectivity index (χ0) is 21.5. The molecule has 1 unspecified atom stereocenters. The van der Waals surface area contributed by atoms with Gasteiger partial charge >= 0.3 is 5.97 Å². The molecule has 1 aromatic heterocycles. The van der Waals surface area contributed by atoms with Gasteiger partial charge in [0.25, 0.3) is 5.91 Å². The van der Waals surface area contributed by atoms with Crippen molar-refractivity contribution >= 4 is 34.5 Å². The second-order valence-corrected chi connectivity index (χ2v) is 6.69. The van der Waals surface area contributed by atoms with Crippen LogP contribution in [0.3, 0.4) is 0 Å². The average molecular weight is 430 g/mol. The van der Waals surface area contributed by atoms with Crippen molar-refractivity contribution in [2.45, 2.75) is 19.4 Å². The minimum absolute atomic E-state index is 0.230. The summed E-state index contributed by atoms with van der Waals surface area (Å²) in [5.41, 5.74) is 1.34. The summed E-state index contributed by atoms with van der Waals surface area (Å²) in [6.45, 7) is 1.54. The van der Waals surface area contributed by atoms with Gasteiger partial charge < -0.3 is 19.5 Å². The SMILES string of the molecule is CCC(NC(=O)COc1ccc(Oc2cnc3cc(Cl)ccc3n2)cc1)C(=O)OC. The van der Waals surface area contributed by atoms with Crippen molar-refractivity contribution in [2.24, 2.45) is 0 Å². The van der Waals surface area contributed by atoms with Gasteiger partial charge in [-0.25, -0.2) is 14.8 Å². The smallest absolute Gasteiger partial charge is 0.328 e. The highest BCUT2D eigenvalue weighted by Crippen LogP contribution is 2.24. The lowest BCUT2D eigenvalue weighted by Crippen LogP contribution is -2.43. The van der Waals surface area contributed by atoms with Crippen LogP contribution in [-0.2, 0) is 14.3 Å². The molecule has 9 heteroatoms. The summed E-state index contributed by atoms with van der Waals surface area (Å²) in [4.78, 5) is 32.1. The minimum atomic E-state index is -0.694. The number of methoxy groups -OCH3 is 1. The highest BCUT2D eigenvalue weighted by Gasteiger charge is 2.19. The minimum Gasteiger partial charge on any atom is -0.484 e. The summed E-state index contributed by atoms with van der Waals surface area (Å²) in [6, 6.07) is 11.2. The van der Waals surface area contributed by atoms with Gasteiger partial charge in [-0.05, 0) is 48.9 Å². The van der Waals surface area contributed by atoms with E-state index >= 15 is 0 Å². The van der Waals surface area contributed by atoms with Gasteiger partial charge in [0.15, 0.2) is 6.61 Å². The number of esters is 1. The zero-order valence-corrected chi connectivity index (χ0v) is 17.2. The Bertz CT molecular complexity index is 1040. The molecule has 0 saturated carbocycles. The first-order chi connectivity index (χ1) is 14.5. The summed E-state index contributed by atoms with van der Waals surface area (Å²) in [7, 11) is 1.27. The van der Waals surface area contributed by atoms with Gasteiger partial charge in [-0.15, -0.1) is 0 Å². The van der Waals surface area contributed by atoms with Crippen LogP contribution in [0.2, 0.25) is 5.02 Å². The maximum Gasteiger partial charge on any atom is 0.328 e. The number of amides is 1. The van der Waals surface area contributed by atoms with Crippen LogP contribution in [0, 0.1) is 0 Å². The molecule has 1 heterocycles. The van der Waals surface area contributed by atoms with E-state index in [1.165, 1.54) is 13.3 Å². The Kier molecular flexibility index (Phi) is 7.03. The Morgan fingerprint density at radius 2 is 1.83 bits per heavy atom. The van der Waals surface area contributed by atoms with Crippen molar-refractivity contribution in [3.05, 3.63) is 53.7 Å². The van der Waals surface area contributed by atoms with E-state index in [0.717, 1.165) is 0 Å². The van der Waals surface area contributed by atoms with Crippen molar-refractivity contribution in [3.63, 3.8) is 0 Å². The summed E-state index contributed by atoms with van der Waals surface area (Å²) in [5, 5.41) is 3.15. The largest absolute Gasteiger partial charge is 0.484 e. The monoisotopic (exact) mass is 429 g/mol. The fraction of sp³-hybridized carbons (Fsp3) is 0.238. The number of nitrogens with one attached hydrogen (secondary N) is 1. The highest BCUT2D eigenvalue weighted by molar-refractivity contribution is 6.31. The second-order valence-electron chi connectivity index (χ2n) is 6.25. The van der Waals surface area contributed by atoms with E-state index in [4.69, 9.17) is 21.1 Å². The lowest BCUT2D eigenvalue weighted by molar-refractivity contribution is -0.145. The van der Waals surface area contributed by atoms with Gasteiger partial charge in [0, 0.05) is 5.02 Å². The molecule has 1 amide bonds. The molecular formula is C21H20ClN3O5. The normalized spacial score (nSPS) is 11.6. The van der Waals surface area contributed by atoms with Crippen molar-refractivity contribution in [1.82, 2.24) is 15.3 Å². The first kappa shape index (κ1) is 21.3. The number of rotatable bonds is 8. The number of aromatic nitrogens is 2. The van der Waals surface area contributed by atoms with Gasteiger partial charge in [0.05, 0.1) is 24.3 Å². The lowest BCUT2D eigenvalue weighted by atomic mass is 10.2. The molecule has 2 aromatic carbocycles. The maximum atomic E-state index is 12.0. The number of carbonyl (C=O) groups is 2. The molecule has 0 aliphatic rings. The summed E-state index contributed by atoms with van der Waals surface area (Å²) >= 11 is 5.94. The number of hydrogen-bond donors (Lipinski definition) is 1. The third-order valence-corrected chi connectivity index (χ3v) is 4.36. The molecule has 8 nitrogen and oxygen atoms in total. The zero-order valence-electron chi connectivity index (χ0n) is 16.4. The first-order valence-corrected chi connectivity index (χ1v) is 9.56. The van der Waals surface area contributed by atoms with E-state index in [0.29, 0.717) is 39.9 Å². The molecule has 0 saturated heterocycles. The third-order valence-electron chi connectivity index (χ3n) is 4.13. The van der Waals surface area contributed by atoms with E-state index in [1.807, 2.05) is 0 Å². The number of nitrogens with zero attached hydrogens (tertiary/aromatic N) is 2. The van der Waals surface area contributed by atoms with E-state index < -0.39 is 17.9 Å². The molecule has 1 atom stereocenters. The summed E-state index contributed by atoms with van der Waals surface area (Å²) < 4.78 is 15.8. The topological polar surface area (TPSA) is 99.6 Å². The van der Waals surface area contributed by atoms with Crippen LogP contribution < -0.4 is 14.8 Å². The van der Waals surface area contributed by atoms with Crippen LogP contribution in [0.15, 0.2) is 48.7 Å². The molecule has 0 radical (unpaired) electrons. The van der Waals surface area contributed by atoms with Crippen LogP contribution in [0.4, 0.5) is 0 Å². The predicted molar refractivity (Wildman–Crippen MR) is 111 cm³/mol. The molecule has 0 aliphatic carbocycles. The van der Waals surface area contributed by atoms with Crippen LogP contribution in [0.5, 0.6) is 17.4 Å². The predicted octanol–water partition coefficient (Wildman–Crippen LogP) is 3.52. The van der Waals surface area contributed by atoms with Crippen molar-refractivity contribution in [1.29, 1.82) is 0 Å². The number of halogens is 1. The van der Waals surface area contributed by atoms with E-state index in [1.54, 1.807) is 49.4 Å². The molecule has 3 rings (SSSR count). The van der Waals surface area contributed by atoms with Gasteiger partial charge in [0.2, 0.25) is 5.88 Å². The molecule has 156 valence electrons. The number of fused-ring (bicyclic) bond motifs is 1. The Morgan fingerprint density at radius 3 is 2.53 bits per heavy atom. The highest BCUT2D eigenvalue weighted by atomic mass is 35.5. The Balaban J connectivity index is 1.55. The van der Waals surface area contributed by atoms with Crippen molar-refractivity contribution in [3.8, 4) is 17.4 Å². The molecule has 0 bridgehead atoms. The van der Waals surface area contributed by atoms with E-state index in [-0.39, 0.29) is 6.61 Å². The number of ether oxygens (including phenoxy) is 3. The van der Waals surface area contributed by atoms with Crippen molar-refractivity contribution in [2.75, 3.05) is 13.7 Å². The number of benzene rings is 2. The molecule has 1 N–H and O–H groups in total. The summed E-state index contributed by atoms with van der Waals surface area (Å²) in [5.74, 6) is 0.437. The number of carbonyl (C=O) groups excluding carboxylic acids is 2. The molecular weight excluding hydrogens is 410 g/mol. The van der Waals surface area contributed by atoms with Gasteiger partial charge in [0.1, 0.15) is 17.5 Å². The Hall–Kier alpha value is -3.39. The quantitative estimate of drug-likeness (QED) is 0.547. The van der Waals surface area contributed by atoms with E-state index in [9.17, 15) is 9.59 Å². The maximum absolute atomic E-state index is 12.0. The van der Waals surface area contributed by atoms with Crippen LogP contribution in [0.1, 0.15) is 13.3 Å². The van der Waals surface area contributed by atoms with Crippen LogP contribution >= 0.6 is 11.6 Å². The third kappa shape index (κ3) is 5.57. The molecule has 0 spiro atoms. The van der Waals surface area contributed by atoms with Crippen LogP contribution in [-0.4, -0.2) is 41.6 Å². The van der Waals surface area contributed by atoms with Gasteiger partial charge in [-0.1, -0.05) is 18.5 Å². The lowest BCUT2D eigenvalue weighted by Gasteiger charge is -2.14. The summed E-state index contributed by atoms with van der Waals surface area (Å²) in [6.07, 6.45) is 1.94. The van der Waals surface area contributed by atoms with Gasteiger partial charge in [-0.2, -0.15) is 0 Å². The fourth-order valence-electron chi connectivity index (χ4n) is 2.60. The standard InChI is InChI=1S/C21H20ClN3O5/c1-3-16(21(27)28-2)24-19(26)12-29-14-5-7-15(8-6-14)30-20-11-23-18-10-13(22)4-9-17(18)25-20/h4-11,16H,3,12H2,1-2H3,(H,24,26). The first-order valence-electron chi connectivity index (χ1n) is 9.18. The van der Waals surface area contributed by atoms with Gasteiger partial charge in [-0.3, -0.25) is 4.79 Å². The molecule has 0 fully saturated rings. The fourth-order valence-corrected chi connectivity index (χ4v) is 2.76. The molecule has 30 heavy (non-hydrogen) atoms.